The van der Waals surface area contributed by atoms with Crippen LogP contribution in [0.5, 0.6) is 0 Å². The zero-order valence-electron chi connectivity index (χ0n) is 11.5. The molecule has 0 bridgehead atoms. The molecule has 0 aromatic heterocycles. The maximum Gasteiger partial charge on any atom is 0.257 e. The number of anilines is 1. The van der Waals surface area contributed by atoms with Gasteiger partial charge in [0.1, 0.15) is 0 Å². The van der Waals surface area contributed by atoms with Gasteiger partial charge in [-0.05, 0) is 82.8 Å². The van der Waals surface area contributed by atoms with Crippen molar-refractivity contribution in [2.75, 3.05) is 5.32 Å². The smallest absolute Gasteiger partial charge is 0.257 e. The second-order valence-corrected chi connectivity index (χ2v) is 7.79. The lowest BCUT2D eigenvalue weighted by molar-refractivity contribution is -0.255. The lowest BCUT2D eigenvalue weighted by Gasteiger charge is -2.17. The molecule has 0 aliphatic rings. The van der Waals surface area contributed by atoms with Crippen LogP contribution in [-0.2, 0) is 0 Å². The summed E-state index contributed by atoms with van der Waals surface area (Å²) in [5.74, 6) is -2.02. The second kappa shape index (κ2) is 7.46. The van der Waals surface area contributed by atoms with Crippen LogP contribution in [-0.4, -0.2) is 11.9 Å². The van der Waals surface area contributed by atoms with E-state index in [-0.39, 0.29) is 15.6 Å². The molecular weight excluding hydrogens is 562 g/mol. The molecule has 120 valence electrons. The number of halogens is 4. The van der Waals surface area contributed by atoms with E-state index in [1.165, 1.54) is 0 Å². The van der Waals surface area contributed by atoms with Crippen LogP contribution in [0.3, 0.4) is 0 Å². The minimum Gasteiger partial charge on any atom is -0.545 e. The molecule has 2 rings (SSSR count). The van der Waals surface area contributed by atoms with Gasteiger partial charge in [0.15, 0.2) is 0 Å². The van der Waals surface area contributed by atoms with Gasteiger partial charge in [-0.3, -0.25) is 4.79 Å². The molecule has 0 aliphatic heterocycles. The topological polar surface area (TPSA) is 69.2 Å². The summed E-state index contributed by atoms with van der Waals surface area (Å²) in [6.45, 7) is 1.93. The van der Waals surface area contributed by atoms with Crippen LogP contribution in [0.25, 0.3) is 0 Å². The minimum absolute atomic E-state index is 0.0347. The SMILES string of the molecule is Cc1ccc(NC(=O)c2c(Br)c(Br)c(Br)c(Br)c2C(=O)[O-])cc1. The van der Waals surface area contributed by atoms with Crippen LogP contribution in [0.15, 0.2) is 42.2 Å². The molecule has 0 atom stereocenters. The molecule has 2 aromatic carbocycles. The van der Waals surface area contributed by atoms with Gasteiger partial charge in [-0.15, -0.1) is 0 Å². The number of rotatable bonds is 3. The standard InChI is InChI=1S/C15H9Br4NO3/c1-6-2-4-7(5-3-6)20-14(21)8-9(15(22)23)11(17)13(19)12(18)10(8)16/h2-5H,1H3,(H,20,21)(H,22,23)/p-1. The first kappa shape index (κ1) is 18.6. The number of amides is 1. The van der Waals surface area contributed by atoms with Gasteiger partial charge in [-0.25, -0.2) is 0 Å². The highest BCUT2D eigenvalue weighted by atomic mass is 79.9. The first-order valence-electron chi connectivity index (χ1n) is 6.19. The molecule has 0 aliphatic carbocycles. The molecule has 2 aromatic rings. The Balaban J connectivity index is 2.55. The third kappa shape index (κ3) is 3.87. The minimum atomic E-state index is -1.46. The van der Waals surface area contributed by atoms with Crippen molar-refractivity contribution in [3.05, 3.63) is 58.8 Å². The van der Waals surface area contributed by atoms with E-state index in [4.69, 9.17) is 0 Å². The van der Waals surface area contributed by atoms with Crippen molar-refractivity contribution in [1.82, 2.24) is 0 Å². The van der Waals surface area contributed by atoms with Crippen LogP contribution >= 0.6 is 63.7 Å². The largest absolute Gasteiger partial charge is 0.545 e. The van der Waals surface area contributed by atoms with Crippen molar-refractivity contribution in [2.45, 2.75) is 6.92 Å². The van der Waals surface area contributed by atoms with Gasteiger partial charge in [0.05, 0.1) is 11.5 Å². The zero-order chi connectivity index (χ0) is 17.3. The number of benzene rings is 2. The Labute approximate surface area is 166 Å². The average molecular weight is 570 g/mol. The molecule has 1 N–H and O–H groups in total. The summed E-state index contributed by atoms with van der Waals surface area (Å²) >= 11 is 13.0. The highest BCUT2D eigenvalue weighted by Gasteiger charge is 2.24. The molecule has 0 saturated carbocycles. The van der Waals surface area contributed by atoms with Crippen LogP contribution in [0, 0.1) is 6.92 Å². The average Bonchev–Trinajstić information content (AvgIpc) is 2.50. The van der Waals surface area contributed by atoms with E-state index < -0.39 is 11.9 Å². The predicted octanol–water partition coefficient (Wildman–Crippen LogP) is 4.66. The molecule has 4 nitrogen and oxygen atoms in total. The van der Waals surface area contributed by atoms with E-state index in [1.54, 1.807) is 12.1 Å². The number of aromatic carboxylic acids is 1. The van der Waals surface area contributed by atoms with Gasteiger partial charge in [0.25, 0.3) is 5.91 Å². The summed E-state index contributed by atoms with van der Waals surface area (Å²) in [6, 6.07) is 7.17. The fraction of sp³-hybridized carbons (Fsp3) is 0.0667. The third-order valence-electron chi connectivity index (χ3n) is 3.01. The summed E-state index contributed by atoms with van der Waals surface area (Å²) in [7, 11) is 0. The van der Waals surface area contributed by atoms with Gasteiger partial charge in [-0.1, -0.05) is 17.7 Å². The molecule has 23 heavy (non-hydrogen) atoms. The van der Waals surface area contributed by atoms with Crippen LogP contribution in [0.1, 0.15) is 26.3 Å². The molecule has 8 heteroatoms. The summed E-state index contributed by atoms with van der Waals surface area (Å²) in [4.78, 5) is 24.1. The number of aryl methyl sites for hydroxylation is 1. The molecule has 0 fully saturated rings. The van der Waals surface area contributed by atoms with E-state index in [9.17, 15) is 14.7 Å². The Kier molecular flexibility index (Phi) is 6.05. The molecule has 0 saturated heterocycles. The van der Waals surface area contributed by atoms with Gasteiger partial charge >= 0.3 is 0 Å². The van der Waals surface area contributed by atoms with E-state index in [2.05, 4.69) is 69.0 Å². The summed E-state index contributed by atoms with van der Waals surface area (Å²) in [6.07, 6.45) is 0. The van der Waals surface area contributed by atoms with Crippen molar-refractivity contribution in [3.63, 3.8) is 0 Å². The van der Waals surface area contributed by atoms with Crippen LogP contribution in [0.2, 0.25) is 0 Å². The van der Waals surface area contributed by atoms with Crippen molar-refractivity contribution in [1.29, 1.82) is 0 Å². The van der Waals surface area contributed by atoms with E-state index in [0.717, 1.165) is 5.56 Å². The van der Waals surface area contributed by atoms with Crippen molar-refractivity contribution in [3.8, 4) is 0 Å². The lowest BCUT2D eigenvalue weighted by atomic mass is 10.1. The van der Waals surface area contributed by atoms with Crippen LogP contribution < -0.4 is 10.4 Å². The first-order chi connectivity index (χ1) is 10.7. The Morgan fingerprint density at radius 1 is 0.870 bits per heavy atom. The number of carbonyl (C=O) groups excluding carboxylic acids is 2. The van der Waals surface area contributed by atoms with Crippen molar-refractivity contribution in [2.24, 2.45) is 0 Å². The summed E-state index contributed by atoms with van der Waals surface area (Å²) < 4.78 is 1.52. The van der Waals surface area contributed by atoms with Crippen LogP contribution in [0.4, 0.5) is 5.69 Å². The normalized spacial score (nSPS) is 10.5. The summed E-state index contributed by atoms with van der Waals surface area (Å²) in [5.41, 5.74) is 1.34. The molecule has 0 radical (unpaired) electrons. The number of carboxylic acid groups (broad SMARTS) is 1. The van der Waals surface area contributed by atoms with E-state index in [0.29, 0.717) is 19.1 Å². The highest BCUT2D eigenvalue weighted by molar-refractivity contribution is 9.15. The number of carbonyl (C=O) groups is 2. The van der Waals surface area contributed by atoms with Crippen molar-refractivity contribution < 1.29 is 14.7 Å². The molecular formula is C15H8Br4NO3-. The summed E-state index contributed by atoms with van der Waals surface area (Å²) in [5, 5.41) is 14.2. The fourth-order valence-corrected chi connectivity index (χ4v) is 4.33. The highest BCUT2D eigenvalue weighted by Crippen LogP contribution is 2.42. The monoisotopic (exact) mass is 566 g/mol. The van der Waals surface area contributed by atoms with Crippen molar-refractivity contribution >= 4 is 81.3 Å². The fourth-order valence-electron chi connectivity index (χ4n) is 1.87. The lowest BCUT2D eigenvalue weighted by Crippen LogP contribution is -2.28. The Morgan fingerprint density at radius 3 is 1.83 bits per heavy atom. The molecule has 0 unspecified atom stereocenters. The van der Waals surface area contributed by atoms with Gasteiger partial charge in [0.2, 0.25) is 0 Å². The third-order valence-corrected chi connectivity index (χ3v) is 7.78. The van der Waals surface area contributed by atoms with E-state index >= 15 is 0 Å². The number of nitrogens with one attached hydrogen (secondary N) is 1. The van der Waals surface area contributed by atoms with Gasteiger partial charge < -0.3 is 15.2 Å². The number of hydrogen-bond acceptors (Lipinski definition) is 3. The molecule has 0 heterocycles. The van der Waals surface area contributed by atoms with E-state index in [1.807, 2.05) is 19.1 Å². The first-order valence-corrected chi connectivity index (χ1v) is 9.36. The molecule has 1 amide bonds. The number of carboxylic acids is 1. The maximum atomic E-state index is 12.6. The Morgan fingerprint density at radius 2 is 1.35 bits per heavy atom. The number of hydrogen-bond donors (Lipinski definition) is 1. The Bertz CT molecular complexity index is 804. The molecule has 0 spiro atoms. The predicted molar refractivity (Wildman–Crippen MR) is 101 cm³/mol. The quantitative estimate of drug-likeness (QED) is 0.432. The Hall–Kier alpha value is -0.700. The van der Waals surface area contributed by atoms with Gasteiger partial charge in [-0.2, -0.15) is 0 Å². The zero-order valence-corrected chi connectivity index (χ0v) is 17.9. The second-order valence-electron chi connectivity index (χ2n) is 4.61. The maximum absolute atomic E-state index is 12.6. The van der Waals surface area contributed by atoms with Gasteiger partial charge in [0, 0.05) is 29.1 Å².